The molecule has 3 N–H and O–H groups in total. The first kappa shape index (κ1) is 13.2. The molecule has 0 saturated heterocycles. The van der Waals surface area contributed by atoms with E-state index in [4.69, 9.17) is 5.73 Å². The summed E-state index contributed by atoms with van der Waals surface area (Å²) in [5, 5.41) is 3.98. The fourth-order valence-electron chi connectivity index (χ4n) is 2.99. The zero-order valence-corrected chi connectivity index (χ0v) is 11.5. The number of rotatable bonds is 3. The monoisotopic (exact) mass is 256 g/mol. The number of nitrogens with one attached hydrogen (secondary N) is 1. The zero-order valence-electron chi connectivity index (χ0n) is 10.7. The maximum atomic E-state index is 12.1. The molecule has 0 aromatic rings. The van der Waals surface area contributed by atoms with E-state index in [1.54, 1.807) is 0 Å². The van der Waals surface area contributed by atoms with Crippen molar-refractivity contribution in [2.24, 2.45) is 11.7 Å². The van der Waals surface area contributed by atoms with E-state index in [2.05, 4.69) is 11.6 Å². The first-order valence-corrected chi connectivity index (χ1v) is 8.06. The molecule has 0 aliphatic heterocycles. The molecule has 0 heterocycles. The van der Waals surface area contributed by atoms with Crippen LogP contribution in [-0.4, -0.2) is 29.5 Å². The maximum Gasteiger partial charge on any atom is 0.223 e. The van der Waals surface area contributed by atoms with Gasteiger partial charge < -0.3 is 11.1 Å². The van der Waals surface area contributed by atoms with Crippen LogP contribution in [0.5, 0.6) is 0 Å². The van der Waals surface area contributed by atoms with E-state index in [9.17, 15) is 4.79 Å². The van der Waals surface area contributed by atoms with Crippen LogP contribution in [0.3, 0.4) is 0 Å². The van der Waals surface area contributed by atoms with E-state index in [0.717, 1.165) is 43.8 Å². The van der Waals surface area contributed by atoms with Crippen molar-refractivity contribution in [2.45, 2.75) is 62.3 Å². The van der Waals surface area contributed by atoms with E-state index >= 15 is 0 Å². The minimum atomic E-state index is 0.225. The summed E-state index contributed by atoms with van der Waals surface area (Å²) < 4.78 is 0. The normalized spacial score (nSPS) is 38.0. The predicted octanol–water partition coefficient (Wildman–Crippen LogP) is 1.90. The third kappa shape index (κ3) is 3.62. The van der Waals surface area contributed by atoms with Gasteiger partial charge >= 0.3 is 0 Å². The van der Waals surface area contributed by atoms with Crippen molar-refractivity contribution in [3.8, 4) is 0 Å². The van der Waals surface area contributed by atoms with Crippen LogP contribution in [0.15, 0.2) is 0 Å². The molecule has 0 spiro atoms. The van der Waals surface area contributed by atoms with Crippen molar-refractivity contribution in [1.29, 1.82) is 0 Å². The number of thioether (sulfide) groups is 1. The standard InChI is InChI=1S/C13H24N2OS/c1-17-12-7-6-11(8-12)15-13(16)9-2-4-10(14)5-3-9/h9-12H,2-8,14H2,1H3,(H,15,16). The second-order valence-corrected chi connectivity index (χ2v) is 6.63. The average molecular weight is 256 g/mol. The van der Waals surface area contributed by atoms with E-state index in [-0.39, 0.29) is 11.8 Å². The van der Waals surface area contributed by atoms with Crippen molar-refractivity contribution >= 4 is 17.7 Å². The molecule has 1 amide bonds. The van der Waals surface area contributed by atoms with Gasteiger partial charge in [0.15, 0.2) is 0 Å². The van der Waals surface area contributed by atoms with Crippen LogP contribution < -0.4 is 11.1 Å². The van der Waals surface area contributed by atoms with E-state index in [1.807, 2.05) is 11.8 Å². The molecular formula is C13H24N2OS. The molecule has 2 aliphatic rings. The second kappa shape index (κ2) is 6.10. The van der Waals surface area contributed by atoms with Gasteiger partial charge in [-0.05, 0) is 51.2 Å². The van der Waals surface area contributed by atoms with Gasteiger partial charge in [-0.15, -0.1) is 0 Å². The quantitative estimate of drug-likeness (QED) is 0.811. The van der Waals surface area contributed by atoms with Crippen LogP contribution >= 0.6 is 11.8 Å². The summed E-state index contributed by atoms with van der Waals surface area (Å²) in [7, 11) is 0. The van der Waals surface area contributed by atoms with Gasteiger partial charge in [0, 0.05) is 23.3 Å². The SMILES string of the molecule is CSC1CCC(NC(=O)C2CCC(N)CC2)C1. The molecule has 2 fully saturated rings. The predicted molar refractivity (Wildman–Crippen MR) is 73.0 cm³/mol. The molecule has 0 radical (unpaired) electrons. The molecule has 4 heteroatoms. The van der Waals surface area contributed by atoms with Gasteiger partial charge in [0.1, 0.15) is 0 Å². The topological polar surface area (TPSA) is 55.1 Å². The second-order valence-electron chi connectivity index (χ2n) is 5.49. The van der Waals surface area contributed by atoms with Gasteiger partial charge in [0.05, 0.1) is 0 Å². The minimum Gasteiger partial charge on any atom is -0.353 e. The lowest BCUT2D eigenvalue weighted by molar-refractivity contribution is -0.126. The first-order chi connectivity index (χ1) is 8.19. The highest BCUT2D eigenvalue weighted by Gasteiger charge is 2.29. The molecule has 2 saturated carbocycles. The highest BCUT2D eigenvalue weighted by atomic mass is 32.2. The molecule has 3 nitrogen and oxygen atoms in total. The fraction of sp³-hybridized carbons (Fsp3) is 0.923. The Morgan fingerprint density at radius 3 is 2.47 bits per heavy atom. The fourth-order valence-corrected chi connectivity index (χ4v) is 3.78. The summed E-state index contributed by atoms with van der Waals surface area (Å²) >= 11 is 1.93. The summed E-state index contributed by atoms with van der Waals surface area (Å²) in [6.45, 7) is 0. The smallest absolute Gasteiger partial charge is 0.223 e. The minimum absolute atomic E-state index is 0.225. The van der Waals surface area contributed by atoms with Crippen LogP contribution in [0, 0.1) is 5.92 Å². The van der Waals surface area contributed by atoms with Gasteiger partial charge in [0.25, 0.3) is 0 Å². The largest absolute Gasteiger partial charge is 0.353 e. The van der Waals surface area contributed by atoms with Crippen LogP contribution in [-0.2, 0) is 4.79 Å². The average Bonchev–Trinajstić information content (AvgIpc) is 2.77. The molecule has 0 aromatic carbocycles. The number of carbonyl (C=O) groups excluding carboxylic acids is 1. The van der Waals surface area contributed by atoms with E-state index in [0.29, 0.717) is 12.1 Å². The number of hydrogen-bond acceptors (Lipinski definition) is 3. The molecular weight excluding hydrogens is 232 g/mol. The van der Waals surface area contributed by atoms with E-state index in [1.165, 1.54) is 6.42 Å². The number of hydrogen-bond donors (Lipinski definition) is 2. The Morgan fingerprint density at radius 2 is 1.88 bits per heavy atom. The Hall–Kier alpha value is -0.220. The lowest BCUT2D eigenvalue weighted by Gasteiger charge is -2.26. The van der Waals surface area contributed by atoms with Crippen molar-refractivity contribution in [2.75, 3.05) is 6.26 Å². The molecule has 17 heavy (non-hydrogen) atoms. The van der Waals surface area contributed by atoms with Crippen LogP contribution in [0.1, 0.15) is 44.9 Å². The Balaban J connectivity index is 1.74. The summed E-state index contributed by atoms with van der Waals surface area (Å²) in [6, 6.07) is 0.752. The molecule has 2 rings (SSSR count). The molecule has 2 aliphatic carbocycles. The summed E-state index contributed by atoms with van der Waals surface area (Å²) in [6.07, 6.45) is 9.70. The molecule has 0 aromatic heterocycles. The molecule has 2 unspecified atom stereocenters. The summed E-state index contributed by atoms with van der Waals surface area (Å²) in [4.78, 5) is 12.1. The Labute approximate surface area is 108 Å². The van der Waals surface area contributed by atoms with Crippen molar-refractivity contribution in [1.82, 2.24) is 5.32 Å². The first-order valence-electron chi connectivity index (χ1n) is 6.77. The van der Waals surface area contributed by atoms with Gasteiger partial charge in [-0.1, -0.05) is 0 Å². The maximum absolute atomic E-state index is 12.1. The summed E-state index contributed by atoms with van der Waals surface area (Å²) in [5.41, 5.74) is 5.86. The highest BCUT2D eigenvalue weighted by molar-refractivity contribution is 7.99. The van der Waals surface area contributed by atoms with Crippen LogP contribution in [0.25, 0.3) is 0 Å². The summed E-state index contributed by atoms with van der Waals surface area (Å²) in [5.74, 6) is 0.506. The van der Waals surface area contributed by atoms with E-state index < -0.39 is 0 Å². The lowest BCUT2D eigenvalue weighted by Crippen LogP contribution is -2.40. The van der Waals surface area contributed by atoms with Gasteiger partial charge in [0.2, 0.25) is 5.91 Å². The lowest BCUT2D eigenvalue weighted by atomic mass is 9.86. The zero-order chi connectivity index (χ0) is 12.3. The number of carbonyl (C=O) groups is 1. The van der Waals surface area contributed by atoms with Gasteiger partial charge in [-0.2, -0.15) is 11.8 Å². The van der Waals surface area contributed by atoms with Crippen molar-refractivity contribution in [3.05, 3.63) is 0 Å². The third-order valence-electron chi connectivity index (χ3n) is 4.21. The Bertz CT molecular complexity index is 264. The number of amides is 1. The van der Waals surface area contributed by atoms with Crippen molar-refractivity contribution < 1.29 is 4.79 Å². The van der Waals surface area contributed by atoms with Crippen LogP contribution in [0.4, 0.5) is 0 Å². The van der Waals surface area contributed by atoms with Gasteiger partial charge in [-0.3, -0.25) is 4.79 Å². The van der Waals surface area contributed by atoms with Crippen molar-refractivity contribution in [3.63, 3.8) is 0 Å². The molecule has 0 bridgehead atoms. The van der Waals surface area contributed by atoms with Gasteiger partial charge in [-0.25, -0.2) is 0 Å². The molecule has 98 valence electrons. The Kier molecular flexibility index (Phi) is 4.74. The highest BCUT2D eigenvalue weighted by Crippen LogP contribution is 2.29. The Morgan fingerprint density at radius 1 is 1.18 bits per heavy atom. The molecule has 2 atom stereocenters. The third-order valence-corrected chi connectivity index (χ3v) is 5.30. The van der Waals surface area contributed by atoms with Crippen LogP contribution in [0.2, 0.25) is 0 Å². The number of nitrogens with two attached hydrogens (primary N) is 1.